The van der Waals surface area contributed by atoms with Gasteiger partial charge in [0.15, 0.2) is 0 Å². The molecular formula is C22H24O3. The molecule has 2 aromatic carbocycles. The zero-order valence-corrected chi connectivity index (χ0v) is 14.8. The van der Waals surface area contributed by atoms with Gasteiger partial charge in [0, 0.05) is 11.5 Å². The molecule has 0 aliphatic heterocycles. The lowest BCUT2D eigenvalue weighted by Gasteiger charge is -2.11. The van der Waals surface area contributed by atoms with Crippen LogP contribution in [0.3, 0.4) is 0 Å². The number of unbranched alkanes of at least 4 members (excludes halogenated alkanes) is 2. The third kappa shape index (κ3) is 3.76. The molecule has 0 bridgehead atoms. The van der Waals surface area contributed by atoms with Gasteiger partial charge in [-0.3, -0.25) is 0 Å². The summed E-state index contributed by atoms with van der Waals surface area (Å²) in [4.78, 5) is 12.5. The molecule has 1 N–H and O–H groups in total. The standard InChI is InChI=1S/C22H24O3/c1-3-5-6-7-15-8-11-19(16(4-2)12-15)20-13-17-9-10-18(23)14-21(17)25-22(20)24/h8-14,23H,3-7H2,1-2H3. The van der Waals surface area contributed by atoms with Gasteiger partial charge in [-0.25, -0.2) is 4.79 Å². The average molecular weight is 336 g/mol. The topological polar surface area (TPSA) is 50.4 Å². The average Bonchev–Trinajstić information content (AvgIpc) is 2.61. The van der Waals surface area contributed by atoms with Crippen molar-refractivity contribution in [2.45, 2.75) is 46.0 Å². The quantitative estimate of drug-likeness (QED) is 0.480. The predicted octanol–water partition coefficient (Wildman–Crippen LogP) is 5.46. The molecule has 0 aliphatic rings. The van der Waals surface area contributed by atoms with Gasteiger partial charge in [-0.1, -0.05) is 44.9 Å². The van der Waals surface area contributed by atoms with E-state index in [9.17, 15) is 9.90 Å². The Morgan fingerprint density at radius 3 is 2.56 bits per heavy atom. The number of aryl methyl sites for hydroxylation is 2. The van der Waals surface area contributed by atoms with E-state index < -0.39 is 0 Å². The number of aromatic hydroxyl groups is 1. The number of benzene rings is 2. The summed E-state index contributed by atoms with van der Waals surface area (Å²) in [7, 11) is 0. The van der Waals surface area contributed by atoms with E-state index in [0.717, 1.165) is 23.8 Å². The zero-order valence-electron chi connectivity index (χ0n) is 14.8. The maximum absolute atomic E-state index is 12.5. The fraction of sp³-hybridized carbons (Fsp3) is 0.318. The summed E-state index contributed by atoms with van der Waals surface area (Å²) in [5.41, 5.74) is 4.04. The van der Waals surface area contributed by atoms with E-state index in [1.165, 1.54) is 36.5 Å². The van der Waals surface area contributed by atoms with Crippen molar-refractivity contribution in [3.05, 3.63) is 64.0 Å². The van der Waals surface area contributed by atoms with Crippen molar-refractivity contribution in [2.75, 3.05) is 0 Å². The lowest BCUT2D eigenvalue weighted by atomic mass is 9.94. The Morgan fingerprint density at radius 2 is 1.80 bits per heavy atom. The Morgan fingerprint density at radius 1 is 0.960 bits per heavy atom. The number of rotatable bonds is 6. The van der Waals surface area contributed by atoms with Gasteiger partial charge in [0.2, 0.25) is 0 Å². The van der Waals surface area contributed by atoms with E-state index in [1.807, 2.05) is 12.1 Å². The molecule has 25 heavy (non-hydrogen) atoms. The Labute approximate surface area is 147 Å². The summed E-state index contributed by atoms with van der Waals surface area (Å²) >= 11 is 0. The molecule has 0 unspecified atom stereocenters. The van der Waals surface area contributed by atoms with Crippen molar-refractivity contribution in [1.29, 1.82) is 0 Å². The van der Waals surface area contributed by atoms with E-state index in [-0.39, 0.29) is 11.4 Å². The van der Waals surface area contributed by atoms with E-state index in [0.29, 0.717) is 11.1 Å². The third-order valence-electron chi connectivity index (χ3n) is 4.63. The Hall–Kier alpha value is -2.55. The summed E-state index contributed by atoms with van der Waals surface area (Å²) in [6.07, 6.45) is 5.59. The van der Waals surface area contributed by atoms with Crippen LogP contribution in [-0.2, 0) is 12.8 Å². The molecule has 1 heterocycles. The van der Waals surface area contributed by atoms with Gasteiger partial charge in [-0.05, 0) is 54.2 Å². The predicted molar refractivity (Wildman–Crippen MR) is 102 cm³/mol. The summed E-state index contributed by atoms with van der Waals surface area (Å²) < 4.78 is 5.42. The van der Waals surface area contributed by atoms with Crippen LogP contribution in [0.4, 0.5) is 0 Å². The van der Waals surface area contributed by atoms with Crippen molar-refractivity contribution >= 4 is 11.0 Å². The van der Waals surface area contributed by atoms with E-state index in [4.69, 9.17) is 4.42 Å². The molecule has 0 radical (unpaired) electrons. The minimum Gasteiger partial charge on any atom is -0.508 e. The van der Waals surface area contributed by atoms with Gasteiger partial charge in [-0.2, -0.15) is 0 Å². The van der Waals surface area contributed by atoms with Gasteiger partial charge >= 0.3 is 5.63 Å². The first-order chi connectivity index (χ1) is 12.1. The molecule has 0 saturated carbocycles. The zero-order chi connectivity index (χ0) is 17.8. The number of hydrogen-bond donors (Lipinski definition) is 1. The fourth-order valence-electron chi connectivity index (χ4n) is 3.22. The molecule has 0 fully saturated rings. The highest BCUT2D eigenvalue weighted by atomic mass is 16.4. The number of phenolic OH excluding ortho intramolecular Hbond substituents is 1. The molecule has 3 heteroatoms. The van der Waals surface area contributed by atoms with Gasteiger partial charge in [0.1, 0.15) is 11.3 Å². The van der Waals surface area contributed by atoms with Crippen molar-refractivity contribution in [3.63, 3.8) is 0 Å². The normalized spacial score (nSPS) is 11.1. The monoisotopic (exact) mass is 336 g/mol. The van der Waals surface area contributed by atoms with Crippen molar-refractivity contribution in [2.24, 2.45) is 0 Å². The molecule has 0 aliphatic carbocycles. The molecule has 0 atom stereocenters. The molecule has 0 saturated heterocycles. The molecule has 130 valence electrons. The van der Waals surface area contributed by atoms with Crippen molar-refractivity contribution < 1.29 is 9.52 Å². The van der Waals surface area contributed by atoms with Crippen LogP contribution in [-0.4, -0.2) is 5.11 Å². The van der Waals surface area contributed by atoms with Crippen LogP contribution < -0.4 is 5.63 Å². The van der Waals surface area contributed by atoms with Gasteiger partial charge in [0.05, 0.1) is 5.56 Å². The minimum atomic E-state index is -0.369. The van der Waals surface area contributed by atoms with Gasteiger partial charge in [0.25, 0.3) is 0 Å². The van der Waals surface area contributed by atoms with Crippen LogP contribution in [0.2, 0.25) is 0 Å². The van der Waals surface area contributed by atoms with E-state index >= 15 is 0 Å². The molecule has 0 spiro atoms. The van der Waals surface area contributed by atoms with Crippen LogP contribution in [0.15, 0.2) is 51.7 Å². The SMILES string of the molecule is CCCCCc1ccc(-c2cc3ccc(O)cc3oc2=O)c(CC)c1. The molecule has 3 aromatic rings. The maximum atomic E-state index is 12.5. The summed E-state index contributed by atoms with van der Waals surface area (Å²) in [5.74, 6) is 0.0917. The summed E-state index contributed by atoms with van der Waals surface area (Å²) in [6.45, 7) is 4.31. The molecule has 0 amide bonds. The van der Waals surface area contributed by atoms with Crippen molar-refractivity contribution in [1.82, 2.24) is 0 Å². The Bertz CT molecular complexity index is 938. The lowest BCUT2D eigenvalue weighted by Crippen LogP contribution is -2.05. The van der Waals surface area contributed by atoms with Crippen LogP contribution in [0.5, 0.6) is 5.75 Å². The summed E-state index contributed by atoms with van der Waals surface area (Å²) in [6, 6.07) is 13.1. The second-order valence-electron chi connectivity index (χ2n) is 6.47. The van der Waals surface area contributed by atoms with E-state index in [1.54, 1.807) is 12.1 Å². The fourth-order valence-corrected chi connectivity index (χ4v) is 3.22. The van der Waals surface area contributed by atoms with Crippen molar-refractivity contribution in [3.8, 4) is 16.9 Å². The first kappa shape index (κ1) is 17.3. The largest absolute Gasteiger partial charge is 0.508 e. The first-order valence-corrected chi connectivity index (χ1v) is 9.01. The van der Waals surface area contributed by atoms with Gasteiger partial charge < -0.3 is 9.52 Å². The second-order valence-corrected chi connectivity index (χ2v) is 6.47. The molecular weight excluding hydrogens is 312 g/mol. The molecule has 3 nitrogen and oxygen atoms in total. The Balaban J connectivity index is 2.03. The number of phenols is 1. The maximum Gasteiger partial charge on any atom is 0.344 e. The Kier molecular flexibility index (Phi) is 5.22. The highest BCUT2D eigenvalue weighted by Crippen LogP contribution is 2.27. The number of hydrogen-bond acceptors (Lipinski definition) is 3. The summed E-state index contributed by atoms with van der Waals surface area (Å²) in [5, 5.41) is 10.4. The van der Waals surface area contributed by atoms with Crippen LogP contribution in [0.1, 0.15) is 44.2 Å². The minimum absolute atomic E-state index is 0.0917. The van der Waals surface area contributed by atoms with Crippen LogP contribution >= 0.6 is 0 Å². The lowest BCUT2D eigenvalue weighted by molar-refractivity contribution is 0.473. The third-order valence-corrected chi connectivity index (χ3v) is 4.63. The van der Waals surface area contributed by atoms with Crippen LogP contribution in [0.25, 0.3) is 22.1 Å². The first-order valence-electron chi connectivity index (χ1n) is 9.01. The highest BCUT2D eigenvalue weighted by molar-refractivity contribution is 5.83. The molecule has 3 rings (SSSR count). The second kappa shape index (κ2) is 7.56. The van der Waals surface area contributed by atoms with Crippen LogP contribution in [0, 0.1) is 0 Å². The van der Waals surface area contributed by atoms with E-state index in [2.05, 4.69) is 26.0 Å². The highest BCUT2D eigenvalue weighted by Gasteiger charge is 2.12. The molecule has 1 aromatic heterocycles. The smallest absolute Gasteiger partial charge is 0.344 e. The van der Waals surface area contributed by atoms with Gasteiger partial charge in [-0.15, -0.1) is 0 Å². The number of fused-ring (bicyclic) bond motifs is 1.